The average molecular weight is 93.1 g/mol. The van der Waals surface area contributed by atoms with Gasteiger partial charge < -0.3 is 9.88 Å². The number of rotatable bonds is 0. The van der Waals surface area contributed by atoms with Gasteiger partial charge >= 0.3 is 0 Å². The van der Waals surface area contributed by atoms with E-state index in [1.807, 2.05) is 0 Å². The predicted octanol–water partition coefficient (Wildman–Crippen LogP) is -0.471. The summed E-state index contributed by atoms with van der Waals surface area (Å²) < 4.78 is 8.28. The zero-order valence-corrected chi connectivity index (χ0v) is 4.44. The van der Waals surface area contributed by atoms with Crippen molar-refractivity contribution >= 4 is 9.12 Å². The summed E-state index contributed by atoms with van der Waals surface area (Å²) in [6.45, 7) is 2.50. The van der Waals surface area contributed by atoms with Crippen LogP contribution in [0.4, 0.5) is 0 Å². The Labute approximate surface area is 33.2 Å². The van der Waals surface area contributed by atoms with Gasteiger partial charge in [0.1, 0.15) is 0 Å². The van der Waals surface area contributed by atoms with E-state index in [4.69, 9.17) is 4.57 Å². The van der Waals surface area contributed by atoms with Crippen LogP contribution in [0.3, 0.4) is 0 Å². The molecule has 0 aromatic heterocycles. The molecule has 0 bridgehead atoms. The largest absolute Gasteiger partial charge is 0.333 e. The first-order valence-electron chi connectivity index (χ1n) is 1.50. The van der Waals surface area contributed by atoms with Crippen LogP contribution in [0.1, 0.15) is 0 Å². The second kappa shape index (κ2) is 4.19. The molecule has 1 aliphatic rings. The van der Waals surface area contributed by atoms with Gasteiger partial charge in [-0.1, -0.05) is 0 Å². The van der Waals surface area contributed by atoms with Gasteiger partial charge in [-0.15, -0.1) is 0 Å². The molecule has 2 nitrogen and oxygen atoms in total. The lowest BCUT2D eigenvalue weighted by molar-refractivity contribution is 0.607. The summed E-state index contributed by atoms with van der Waals surface area (Å²) in [6.07, 6.45) is 0. The van der Waals surface area contributed by atoms with Gasteiger partial charge in [0, 0.05) is 13.1 Å². The minimum Gasteiger partial charge on any atom is -0.333 e. The van der Waals surface area contributed by atoms with Crippen LogP contribution < -0.4 is 5.32 Å². The Hall–Kier alpha value is 0.190. The molecule has 5 heavy (non-hydrogen) atoms. The summed E-state index contributed by atoms with van der Waals surface area (Å²) in [5.41, 5.74) is 0. The van der Waals surface area contributed by atoms with Crippen molar-refractivity contribution in [2.45, 2.75) is 0 Å². The van der Waals surface area contributed by atoms with E-state index < -0.39 is 0 Å². The minimum atomic E-state index is 0.611. The molecule has 1 fully saturated rings. The summed E-state index contributed by atoms with van der Waals surface area (Å²) in [5, 5.41) is 3.00. The smallest absolute Gasteiger partial charge is 0.0527 e. The van der Waals surface area contributed by atoms with E-state index in [-0.39, 0.29) is 0 Å². The molecule has 0 spiro atoms. The lowest BCUT2D eigenvalue weighted by Gasteiger charge is -1.21. The lowest BCUT2D eigenvalue weighted by Crippen LogP contribution is -1.56. The van der Waals surface area contributed by atoms with Crippen molar-refractivity contribution in [1.82, 2.24) is 5.32 Å². The molecule has 0 amide bonds. The first kappa shape index (κ1) is 5.19. The molecular formula is C2H8NOP. The fraction of sp³-hybridized carbons (Fsp3) is 1.00. The van der Waals surface area contributed by atoms with E-state index in [9.17, 15) is 0 Å². The zero-order valence-electron chi connectivity index (χ0n) is 3.03. The van der Waals surface area contributed by atoms with Gasteiger partial charge in [0.25, 0.3) is 0 Å². The number of hydrogen-bond donors (Lipinski definition) is 1. The van der Waals surface area contributed by atoms with Crippen molar-refractivity contribution in [1.29, 1.82) is 0 Å². The maximum absolute atomic E-state index is 8.28. The van der Waals surface area contributed by atoms with E-state index in [1.54, 1.807) is 0 Å². The van der Waals surface area contributed by atoms with E-state index in [2.05, 4.69) is 5.32 Å². The first-order valence-corrected chi connectivity index (χ1v) is 2.07. The van der Waals surface area contributed by atoms with Crippen LogP contribution in [-0.4, -0.2) is 13.1 Å². The summed E-state index contributed by atoms with van der Waals surface area (Å²) in [4.78, 5) is 0. The van der Waals surface area contributed by atoms with Crippen molar-refractivity contribution in [3.05, 3.63) is 0 Å². The molecule has 3 heteroatoms. The Kier molecular flexibility index (Phi) is 4.35. The van der Waals surface area contributed by atoms with Crippen LogP contribution >= 0.6 is 9.12 Å². The Balaban J connectivity index is 0.0000000733. The van der Waals surface area contributed by atoms with E-state index in [1.165, 1.54) is 13.1 Å². The SMILES string of the molecule is C1CN1.O=[PH3]. The standard InChI is InChI=1S/C2H5N.H3OP/c1-2-3-1;1-2/h3H,1-2H2;2H3. The molecule has 1 aliphatic heterocycles. The maximum Gasteiger partial charge on any atom is 0.0527 e. The van der Waals surface area contributed by atoms with Crippen LogP contribution in [0.25, 0.3) is 0 Å². The summed E-state index contributed by atoms with van der Waals surface area (Å²) in [6, 6.07) is 0. The van der Waals surface area contributed by atoms with Crippen LogP contribution in [0.2, 0.25) is 0 Å². The Morgan fingerprint density at radius 3 is 1.60 bits per heavy atom. The van der Waals surface area contributed by atoms with Crippen molar-refractivity contribution in [2.75, 3.05) is 13.1 Å². The van der Waals surface area contributed by atoms with E-state index in [0.29, 0.717) is 9.12 Å². The van der Waals surface area contributed by atoms with Crippen LogP contribution in [0.5, 0.6) is 0 Å². The molecule has 32 valence electrons. The summed E-state index contributed by atoms with van der Waals surface area (Å²) in [7, 11) is 0.611. The molecule has 0 saturated carbocycles. The van der Waals surface area contributed by atoms with Gasteiger partial charge in [-0.2, -0.15) is 0 Å². The van der Waals surface area contributed by atoms with E-state index in [0.717, 1.165) is 0 Å². The molecule has 1 atom stereocenters. The zero-order chi connectivity index (χ0) is 4.12. The third-order valence-electron chi connectivity index (χ3n) is 0.250. The van der Waals surface area contributed by atoms with Crippen LogP contribution in [-0.2, 0) is 4.57 Å². The second-order valence-corrected chi connectivity index (χ2v) is 0.750. The maximum atomic E-state index is 8.28. The Morgan fingerprint density at radius 2 is 1.60 bits per heavy atom. The molecule has 0 radical (unpaired) electrons. The number of nitrogens with one attached hydrogen (secondary N) is 1. The second-order valence-electron chi connectivity index (χ2n) is 0.750. The van der Waals surface area contributed by atoms with E-state index >= 15 is 0 Å². The van der Waals surface area contributed by atoms with Gasteiger partial charge in [0.05, 0.1) is 9.12 Å². The molecule has 0 aromatic rings. The highest BCUT2D eigenvalue weighted by Gasteiger charge is 1.91. The molecule has 1 saturated heterocycles. The van der Waals surface area contributed by atoms with Gasteiger partial charge in [-0.25, -0.2) is 0 Å². The predicted molar refractivity (Wildman–Crippen MR) is 24.7 cm³/mol. The van der Waals surface area contributed by atoms with Crippen molar-refractivity contribution in [3.63, 3.8) is 0 Å². The minimum absolute atomic E-state index is 0.611. The van der Waals surface area contributed by atoms with Crippen LogP contribution in [0.15, 0.2) is 0 Å². The third kappa shape index (κ3) is 14.2. The van der Waals surface area contributed by atoms with Crippen LogP contribution in [0, 0.1) is 0 Å². The van der Waals surface area contributed by atoms with Gasteiger partial charge in [0.15, 0.2) is 0 Å². The summed E-state index contributed by atoms with van der Waals surface area (Å²) in [5.74, 6) is 0. The molecule has 1 heterocycles. The molecule has 1 unspecified atom stereocenters. The normalized spacial score (nSPS) is 16.0. The molecule has 0 aromatic carbocycles. The van der Waals surface area contributed by atoms with Crippen molar-refractivity contribution < 1.29 is 4.57 Å². The average Bonchev–Trinajstić information content (AvgIpc) is 2.19. The highest BCUT2D eigenvalue weighted by molar-refractivity contribution is 7.00. The Morgan fingerprint density at radius 1 is 1.40 bits per heavy atom. The van der Waals surface area contributed by atoms with Crippen molar-refractivity contribution in [2.24, 2.45) is 0 Å². The first-order chi connectivity index (χ1) is 2.50. The van der Waals surface area contributed by atoms with Gasteiger partial charge in [0.2, 0.25) is 0 Å². The molecule has 1 N–H and O–H groups in total. The lowest BCUT2D eigenvalue weighted by atomic mass is 11.0. The van der Waals surface area contributed by atoms with Crippen molar-refractivity contribution in [3.8, 4) is 0 Å². The molecule has 1 rings (SSSR count). The van der Waals surface area contributed by atoms with Gasteiger partial charge in [-0.3, -0.25) is 0 Å². The topological polar surface area (TPSA) is 39.0 Å². The fourth-order valence-corrected chi connectivity index (χ4v) is 0. The highest BCUT2D eigenvalue weighted by atomic mass is 31.0. The Bertz CT molecular complexity index is 20.9. The molecule has 0 aliphatic carbocycles. The monoisotopic (exact) mass is 93.0 g/mol. The van der Waals surface area contributed by atoms with Gasteiger partial charge in [-0.05, 0) is 0 Å². The highest BCUT2D eigenvalue weighted by Crippen LogP contribution is 1.65. The third-order valence-corrected chi connectivity index (χ3v) is 0.250. The fourth-order valence-electron chi connectivity index (χ4n) is 0. The number of hydrogen-bond acceptors (Lipinski definition) is 2. The molecular weight excluding hydrogens is 85.0 g/mol. The quantitative estimate of drug-likeness (QED) is 0.325. The summed E-state index contributed by atoms with van der Waals surface area (Å²) >= 11 is 0.